The van der Waals surface area contributed by atoms with Gasteiger partial charge in [0.15, 0.2) is 0 Å². The number of benzene rings is 1. The Morgan fingerprint density at radius 1 is 0.675 bits per heavy atom. The number of anilines is 3. The minimum atomic E-state index is -4.44. The zero-order valence-corrected chi connectivity index (χ0v) is 24.0. The van der Waals surface area contributed by atoms with E-state index in [1.165, 1.54) is 18.9 Å². The molecular formula is C25H54ClF3N10O. The van der Waals surface area contributed by atoms with E-state index in [0.717, 1.165) is 64.0 Å². The molecule has 0 atom stereocenters. The highest BCUT2D eigenvalue weighted by Gasteiger charge is 2.38. The summed E-state index contributed by atoms with van der Waals surface area (Å²) in [4.78, 5) is 20.9. The topological polar surface area (TPSA) is 209 Å². The fourth-order valence-corrected chi connectivity index (χ4v) is 5.31. The number of halogens is 4. The number of alkyl halides is 3. The van der Waals surface area contributed by atoms with E-state index in [-0.39, 0.29) is 42.7 Å². The Bertz CT molecular complexity index is 1010. The van der Waals surface area contributed by atoms with Crippen LogP contribution in [0, 0.1) is 0 Å². The molecule has 0 saturated carbocycles. The highest BCUT2D eigenvalue weighted by molar-refractivity contribution is 5.85. The van der Waals surface area contributed by atoms with Crippen molar-refractivity contribution in [1.82, 2.24) is 39.6 Å². The number of aliphatic hydroxyl groups is 1. The molecule has 4 heterocycles. The van der Waals surface area contributed by atoms with Crippen LogP contribution in [0.15, 0.2) is 24.3 Å². The molecule has 3 aliphatic heterocycles. The summed E-state index contributed by atoms with van der Waals surface area (Å²) in [6.07, 6.45) is 3.08. The fourth-order valence-electron chi connectivity index (χ4n) is 5.31. The van der Waals surface area contributed by atoms with Crippen LogP contribution in [-0.4, -0.2) is 59.3 Å². The van der Waals surface area contributed by atoms with Crippen LogP contribution in [0.4, 0.5) is 31.0 Å². The molecule has 0 unspecified atom stereocenters. The van der Waals surface area contributed by atoms with Crippen molar-refractivity contribution in [2.75, 3.05) is 54.0 Å². The van der Waals surface area contributed by atoms with Gasteiger partial charge in [0.05, 0.1) is 11.2 Å². The van der Waals surface area contributed by atoms with Crippen molar-refractivity contribution in [2.45, 2.75) is 63.1 Å². The van der Waals surface area contributed by atoms with E-state index in [2.05, 4.69) is 9.80 Å². The average molecular weight is 603 g/mol. The fraction of sp³-hybridized carbons (Fsp3) is 0.640. The number of rotatable bonds is 4. The lowest BCUT2D eigenvalue weighted by molar-refractivity contribution is -0.137. The van der Waals surface area contributed by atoms with Crippen LogP contribution in [0.25, 0.3) is 0 Å². The average Bonchev–Trinajstić information content (AvgIpc) is 2.89. The van der Waals surface area contributed by atoms with Crippen LogP contribution < -0.4 is 39.3 Å². The first-order valence-corrected chi connectivity index (χ1v) is 12.7. The molecular weight excluding hydrogens is 549 g/mol. The molecule has 40 heavy (non-hydrogen) atoms. The molecule has 1 aromatic heterocycles. The molecule has 0 spiro atoms. The number of piperidine rings is 3. The van der Waals surface area contributed by atoms with Crippen LogP contribution in [0.2, 0.25) is 0 Å². The van der Waals surface area contributed by atoms with E-state index in [4.69, 9.17) is 15.0 Å². The van der Waals surface area contributed by atoms with Crippen molar-refractivity contribution < 1.29 is 24.0 Å². The van der Waals surface area contributed by atoms with Gasteiger partial charge in [-0.2, -0.15) is 28.1 Å². The second-order valence-electron chi connectivity index (χ2n) is 9.93. The monoisotopic (exact) mass is 602 g/mol. The zero-order valence-electron chi connectivity index (χ0n) is 23.2. The van der Waals surface area contributed by atoms with Gasteiger partial charge in [0.25, 0.3) is 0 Å². The standard InChI is InChI=1S/C25H33F3N6O.ClH.4H3N.4H2/c26-25(27,28)20-9-7-8-19(18-20)24(35)10-16-34(17-11-24)23-30-21(32-12-3-1-4-13-32)29-22(31-23)33-14-5-2-6-15-33;;;;;;;;;/h7-9,18,35H,1-6,10-17H2;1H;4*1H3;4*1H. The molecule has 238 valence electrons. The van der Waals surface area contributed by atoms with E-state index in [9.17, 15) is 18.3 Å². The van der Waals surface area contributed by atoms with Gasteiger partial charge in [0, 0.05) is 45.0 Å². The zero-order chi connectivity index (χ0) is 24.5. The Kier molecular flexibility index (Phi) is 14.5. The summed E-state index contributed by atoms with van der Waals surface area (Å²) < 4.78 is 39.6. The number of hydrogen-bond acceptors (Lipinski definition) is 11. The molecule has 5 rings (SSSR count). The van der Waals surface area contributed by atoms with Crippen LogP contribution in [0.1, 0.15) is 68.2 Å². The Morgan fingerprint density at radius 2 is 1.07 bits per heavy atom. The van der Waals surface area contributed by atoms with E-state index < -0.39 is 17.3 Å². The van der Waals surface area contributed by atoms with Gasteiger partial charge in [0.2, 0.25) is 17.8 Å². The van der Waals surface area contributed by atoms with Gasteiger partial charge in [-0.15, -0.1) is 12.4 Å². The molecule has 3 aliphatic rings. The predicted molar refractivity (Wildman–Crippen MR) is 165 cm³/mol. The van der Waals surface area contributed by atoms with Gasteiger partial charge in [-0.25, -0.2) is 0 Å². The maximum absolute atomic E-state index is 13.2. The van der Waals surface area contributed by atoms with Crippen molar-refractivity contribution in [3.05, 3.63) is 35.4 Å². The maximum Gasteiger partial charge on any atom is 0.416 e. The van der Waals surface area contributed by atoms with Crippen LogP contribution in [-0.2, 0) is 11.8 Å². The molecule has 3 saturated heterocycles. The lowest BCUT2D eigenvalue weighted by Gasteiger charge is -2.39. The third kappa shape index (κ3) is 8.27. The van der Waals surface area contributed by atoms with E-state index in [1.54, 1.807) is 6.07 Å². The first-order valence-electron chi connectivity index (χ1n) is 12.7. The smallest absolute Gasteiger partial charge is 0.385 e. The lowest BCUT2D eigenvalue weighted by atomic mass is 9.84. The molecule has 3 fully saturated rings. The molecule has 1 aromatic carbocycles. The summed E-state index contributed by atoms with van der Waals surface area (Å²) in [7, 11) is 0. The summed E-state index contributed by atoms with van der Waals surface area (Å²) in [6.45, 7) is 4.62. The highest BCUT2D eigenvalue weighted by Crippen LogP contribution is 2.37. The van der Waals surface area contributed by atoms with Gasteiger partial charge in [0.1, 0.15) is 0 Å². The summed E-state index contributed by atoms with van der Waals surface area (Å²) in [6, 6.07) is 5.06. The summed E-state index contributed by atoms with van der Waals surface area (Å²) >= 11 is 0. The van der Waals surface area contributed by atoms with Gasteiger partial charge in [-0.1, -0.05) is 12.1 Å². The minimum absolute atomic E-state index is 0. The predicted octanol–water partition coefficient (Wildman–Crippen LogP) is 6.41. The molecule has 0 radical (unpaired) electrons. The second kappa shape index (κ2) is 15.5. The minimum Gasteiger partial charge on any atom is -0.385 e. The molecule has 0 bridgehead atoms. The SMILES string of the molecule is Cl.N.N.N.N.OC1(c2cccc(C(F)(F)F)c2)CCN(c2nc(N3CCCCC3)nc(N3CCCCC3)n2)CC1.[HH].[HH].[HH].[HH]. The molecule has 2 aromatic rings. The first-order chi connectivity index (χ1) is 16.8. The molecule has 13 N–H and O–H groups in total. The van der Waals surface area contributed by atoms with Crippen LogP contribution in [0.5, 0.6) is 0 Å². The van der Waals surface area contributed by atoms with Crippen molar-refractivity contribution in [3.63, 3.8) is 0 Å². The Labute approximate surface area is 246 Å². The third-order valence-corrected chi connectivity index (χ3v) is 7.48. The van der Waals surface area contributed by atoms with Gasteiger partial charge in [-0.05, 0) is 69.1 Å². The summed E-state index contributed by atoms with van der Waals surface area (Å²) in [5.74, 6) is 2.00. The number of nitrogens with zero attached hydrogens (tertiary/aromatic N) is 6. The number of hydrogen-bond donors (Lipinski definition) is 5. The van der Waals surface area contributed by atoms with E-state index >= 15 is 0 Å². The molecule has 0 amide bonds. The number of aromatic nitrogens is 3. The first kappa shape index (κ1) is 37.5. The Morgan fingerprint density at radius 3 is 1.48 bits per heavy atom. The molecule has 0 aliphatic carbocycles. The Hall–Kier alpha value is -2.49. The quantitative estimate of drug-likeness (QED) is 0.258. The summed E-state index contributed by atoms with van der Waals surface area (Å²) in [5, 5.41) is 11.3. The van der Waals surface area contributed by atoms with Crippen molar-refractivity contribution >= 4 is 30.3 Å². The van der Waals surface area contributed by atoms with E-state index in [0.29, 0.717) is 49.3 Å². The van der Waals surface area contributed by atoms with E-state index in [1.807, 2.05) is 4.90 Å². The van der Waals surface area contributed by atoms with Crippen molar-refractivity contribution in [1.29, 1.82) is 0 Å². The van der Waals surface area contributed by atoms with Crippen LogP contribution in [0.3, 0.4) is 0 Å². The third-order valence-electron chi connectivity index (χ3n) is 7.48. The maximum atomic E-state index is 13.2. The van der Waals surface area contributed by atoms with Gasteiger partial charge in [-0.3, -0.25) is 0 Å². The molecule has 11 nitrogen and oxygen atoms in total. The van der Waals surface area contributed by atoms with Gasteiger partial charge < -0.3 is 44.4 Å². The lowest BCUT2D eigenvalue weighted by Crippen LogP contribution is -2.44. The van der Waals surface area contributed by atoms with Crippen LogP contribution >= 0.6 is 12.4 Å². The summed E-state index contributed by atoms with van der Waals surface area (Å²) in [5.41, 5.74) is -1.73. The normalized spacial score (nSPS) is 18.6. The van der Waals surface area contributed by atoms with Crippen molar-refractivity contribution in [2.24, 2.45) is 0 Å². The van der Waals surface area contributed by atoms with Crippen molar-refractivity contribution in [3.8, 4) is 0 Å². The Balaban J connectivity index is -0.000000563. The van der Waals surface area contributed by atoms with Gasteiger partial charge >= 0.3 is 6.18 Å². The molecule has 15 heteroatoms. The largest absolute Gasteiger partial charge is 0.416 e. The highest BCUT2D eigenvalue weighted by atomic mass is 35.5. The second-order valence-corrected chi connectivity index (χ2v) is 9.93.